The van der Waals surface area contributed by atoms with Crippen LogP contribution in [-0.4, -0.2) is 49.9 Å². The Hall–Kier alpha value is -1.60. The molecule has 0 radical (unpaired) electrons. The Morgan fingerprint density at radius 1 is 0.737 bits per heavy atom. The first-order chi connectivity index (χ1) is 8.99. The molecule has 0 aliphatic carbocycles. The van der Waals surface area contributed by atoms with Crippen molar-refractivity contribution in [2.75, 3.05) is 26.4 Å². The molecule has 7 nitrogen and oxygen atoms in total. The number of carbonyl (C=O) groups excluding carboxylic acids is 4. The number of ketones is 2. The second-order valence-electron chi connectivity index (χ2n) is 3.55. The summed E-state index contributed by atoms with van der Waals surface area (Å²) in [7, 11) is 0. The Balaban J connectivity index is 3.89. The third-order valence-electron chi connectivity index (χ3n) is 1.85. The highest BCUT2D eigenvalue weighted by molar-refractivity contribution is 6.03. The topological polar surface area (TPSA) is 96.0 Å². The van der Waals surface area contributed by atoms with Gasteiger partial charge in [-0.3, -0.25) is 19.2 Å². The molecule has 0 aromatic rings. The first-order valence-electron chi connectivity index (χ1n) is 5.91. The van der Waals surface area contributed by atoms with Crippen molar-refractivity contribution in [1.29, 1.82) is 0 Å². The average molecular weight is 274 g/mol. The first kappa shape index (κ1) is 17.4. The first-order valence-corrected chi connectivity index (χ1v) is 5.91. The summed E-state index contributed by atoms with van der Waals surface area (Å²) in [4.78, 5) is 44.6. The lowest BCUT2D eigenvalue weighted by Crippen LogP contribution is -2.21. The monoisotopic (exact) mass is 274 g/mol. The van der Waals surface area contributed by atoms with Gasteiger partial charge in [-0.1, -0.05) is 0 Å². The van der Waals surface area contributed by atoms with E-state index in [2.05, 4.69) is 4.74 Å². The molecule has 0 aromatic heterocycles. The van der Waals surface area contributed by atoms with Gasteiger partial charge in [0, 0.05) is 13.2 Å². The predicted molar refractivity (Wildman–Crippen MR) is 63.3 cm³/mol. The molecule has 0 saturated heterocycles. The van der Waals surface area contributed by atoms with Gasteiger partial charge in [0.2, 0.25) is 0 Å². The maximum absolute atomic E-state index is 11.2. The van der Waals surface area contributed by atoms with Gasteiger partial charge in [-0.05, 0) is 13.8 Å². The summed E-state index contributed by atoms with van der Waals surface area (Å²) < 4.78 is 13.9. The lowest BCUT2D eigenvalue weighted by molar-refractivity contribution is -0.161. The number of carbonyl (C=O) groups is 4. The van der Waals surface area contributed by atoms with Crippen molar-refractivity contribution in [3.8, 4) is 0 Å². The molecule has 0 heterocycles. The van der Waals surface area contributed by atoms with E-state index < -0.39 is 36.3 Å². The SMILES string of the molecule is CCOCC(=O)CC(=O)OC(=O)CC(=O)COCC. The summed E-state index contributed by atoms with van der Waals surface area (Å²) in [6, 6.07) is 0. The van der Waals surface area contributed by atoms with E-state index >= 15 is 0 Å². The van der Waals surface area contributed by atoms with Gasteiger partial charge in [0.15, 0.2) is 11.6 Å². The van der Waals surface area contributed by atoms with Crippen LogP contribution in [0.15, 0.2) is 0 Å². The van der Waals surface area contributed by atoms with E-state index in [1.54, 1.807) is 13.8 Å². The molecule has 0 aliphatic rings. The van der Waals surface area contributed by atoms with Crippen LogP contribution in [0.5, 0.6) is 0 Å². The van der Waals surface area contributed by atoms with E-state index in [1.807, 2.05) is 0 Å². The molecule has 0 rings (SSSR count). The summed E-state index contributed by atoms with van der Waals surface area (Å²) in [5, 5.41) is 0. The smallest absolute Gasteiger partial charge is 0.321 e. The molecule has 0 amide bonds. The number of esters is 2. The Kier molecular flexibility index (Phi) is 9.46. The quantitative estimate of drug-likeness (QED) is 0.410. The molecule has 0 aromatic carbocycles. The minimum absolute atomic E-state index is 0.205. The Morgan fingerprint density at radius 2 is 1.11 bits per heavy atom. The number of hydrogen-bond donors (Lipinski definition) is 0. The van der Waals surface area contributed by atoms with Gasteiger partial charge >= 0.3 is 11.9 Å². The van der Waals surface area contributed by atoms with Gasteiger partial charge in [-0.2, -0.15) is 0 Å². The van der Waals surface area contributed by atoms with Crippen molar-refractivity contribution in [2.24, 2.45) is 0 Å². The van der Waals surface area contributed by atoms with Crippen LogP contribution in [0.4, 0.5) is 0 Å². The van der Waals surface area contributed by atoms with E-state index in [-0.39, 0.29) is 13.2 Å². The second kappa shape index (κ2) is 10.3. The van der Waals surface area contributed by atoms with Gasteiger partial charge in [0.1, 0.15) is 26.1 Å². The van der Waals surface area contributed by atoms with Crippen LogP contribution >= 0.6 is 0 Å². The fraction of sp³-hybridized carbons (Fsp3) is 0.667. The van der Waals surface area contributed by atoms with Crippen molar-refractivity contribution < 1.29 is 33.4 Å². The summed E-state index contributed by atoms with van der Waals surface area (Å²) >= 11 is 0. The molecule has 0 saturated carbocycles. The third kappa shape index (κ3) is 10.0. The fourth-order valence-electron chi connectivity index (χ4n) is 1.05. The zero-order valence-corrected chi connectivity index (χ0v) is 11.1. The van der Waals surface area contributed by atoms with Crippen molar-refractivity contribution in [2.45, 2.75) is 26.7 Å². The molecule has 0 atom stereocenters. The number of Topliss-reactive ketones (excluding diaryl/α,β-unsaturated/α-hetero) is 2. The van der Waals surface area contributed by atoms with Crippen molar-refractivity contribution in [3.63, 3.8) is 0 Å². The van der Waals surface area contributed by atoms with Gasteiger partial charge in [0.05, 0.1) is 0 Å². The maximum atomic E-state index is 11.2. The standard InChI is InChI=1S/C12H18O7/c1-3-17-7-9(13)5-11(15)19-12(16)6-10(14)8-18-4-2/h3-8H2,1-2H3. The van der Waals surface area contributed by atoms with E-state index in [4.69, 9.17) is 9.47 Å². The Labute approximate surface area is 111 Å². The highest BCUT2D eigenvalue weighted by Crippen LogP contribution is 1.95. The Morgan fingerprint density at radius 3 is 1.42 bits per heavy atom. The lowest BCUT2D eigenvalue weighted by Gasteiger charge is -2.03. The van der Waals surface area contributed by atoms with E-state index in [0.29, 0.717) is 13.2 Å². The van der Waals surface area contributed by atoms with Crippen LogP contribution in [0.25, 0.3) is 0 Å². The van der Waals surface area contributed by atoms with Crippen LogP contribution in [0.3, 0.4) is 0 Å². The van der Waals surface area contributed by atoms with E-state index in [1.165, 1.54) is 0 Å². The highest BCUT2D eigenvalue weighted by Gasteiger charge is 2.17. The minimum Gasteiger partial charge on any atom is -0.392 e. The molecule has 0 aliphatic heterocycles. The van der Waals surface area contributed by atoms with Crippen molar-refractivity contribution >= 4 is 23.5 Å². The average Bonchev–Trinajstić information content (AvgIpc) is 2.33. The molecule has 0 fully saturated rings. The van der Waals surface area contributed by atoms with Gasteiger partial charge in [-0.25, -0.2) is 0 Å². The number of rotatable bonds is 10. The molecular formula is C12H18O7. The summed E-state index contributed by atoms with van der Waals surface area (Å²) in [5.74, 6) is -2.95. The summed E-state index contributed by atoms with van der Waals surface area (Å²) in [6.45, 7) is 3.71. The van der Waals surface area contributed by atoms with Crippen LogP contribution in [-0.2, 0) is 33.4 Å². The highest BCUT2D eigenvalue weighted by atomic mass is 16.6. The fourth-order valence-corrected chi connectivity index (χ4v) is 1.05. The molecule has 0 spiro atoms. The van der Waals surface area contributed by atoms with Crippen LogP contribution in [0.1, 0.15) is 26.7 Å². The zero-order chi connectivity index (χ0) is 14.7. The van der Waals surface area contributed by atoms with Crippen LogP contribution < -0.4 is 0 Å². The minimum atomic E-state index is -0.987. The van der Waals surface area contributed by atoms with Crippen molar-refractivity contribution in [3.05, 3.63) is 0 Å². The maximum Gasteiger partial charge on any atom is 0.321 e. The normalized spacial score (nSPS) is 10.0. The molecule has 19 heavy (non-hydrogen) atoms. The van der Waals surface area contributed by atoms with Gasteiger partial charge in [-0.15, -0.1) is 0 Å². The number of hydrogen-bond acceptors (Lipinski definition) is 7. The zero-order valence-electron chi connectivity index (χ0n) is 11.1. The van der Waals surface area contributed by atoms with E-state index in [0.717, 1.165) is 0 Å². The number of ether oxygens (including phenoxy) is 3. The second-order valence-corrected chi connectivity index (χ2v) is 3.55. The largest absolute Gasteiger partial charge is 0.392 e. The molecular weight excluding hydrogens is 256 g/mol. The Bertz CT molecular complexity index is 303. The van der Waals surface area contributed by atoms with Crippen LogP contribution in [0.2, 0.25) is 0 Å². The lowest BCUT2D eigenvalue weighted by atomic mass is 10.3. The van der Waals surface area contributed by atoms with E-state index in [9.17, 15) is 19.2 Å². The molecule has 108 valence electrons. The van der Waals surface area contributed by atoms with Crippen LogP contribution in [0, 0.1) is 0 Å². The molecule has 0 unspecified atom stereocenters. The molecule has 0 N–H and O–H groups in total. The van der Waals surface area contributed by atoms with Crippen molar-refractivity contribution in [1.82, 2.24) is 0 Å². The molecule has 0 bridgehead atoms. The van der Waals surface area contributed by atoms with Gasteiger partial charge < -0.3 is 14.2 Å². The molecule has 7 heteroatoms. The predicted octanol–water partition coefficient (Wildman–Crippen LogP) is 0.0476. The third-order valence-corrected chi connectivity index (χ3v) is 1.85. The van der Waals surface area contributed by atoms with Gasteiger partial charge in [0.25, 0.3) is 0 Å². The summed E-state index contributed by atoms with van der Waals surface area (Å²) in [6.07, 6.45) is -1.10. The summed E-state index contributed by atoms with van der Waals surface area (Å²) in [5.41, 5.74) is 0.